The van der Waals surface area contributed by atoms with Crippen LogP contribution in [0.5, 0.6) is 5.75 Å². The number of nitrogen functional groups attached to an aromatic ring is 1. The maximum atomic E-state index is 6.50. The second-order valence-corrected chi connectivity index (χ2v) is 8.90. The Balaban J connectivity index is 1.42. The summed E-state index contributed by atoms with van der Waals surface area (Å²) in [6.07, 6.45) is 6.40. The maximum absolute atomic E-state index is 6.50. The van der Waals surface area contributed by atoms with Crippen molar-refractivity contribution in [1.82, 2.24) is 24.8 Å². The van der Waals surface area contributed by atoms with Crippen LogP contribution in [-0.2, 0) is 17.6 Å². The number of anilines is 3. The van der Waals surface area contributed by atoms with Crippen LogP contribution in [0.1, 0.15) is 16.8 Å². The lowest BCUT2D eigenvalue weighted by Gasteiger charge is -2.26. The number of nitrogens with one attached hydrogen (secondary N) is 1. The first-order valence-electron chi connectivity index (χ1n) is 12.4. The number of benzene rings is 2. The van der Waals surface area contributed by atoms with Gasteiger partial charge in [0.05, 0.1) is 26.0 Å². The number of nitrogens with zero attached hydrogens (tertiary/aromatic N) is 5. The molecular formula is C28H31N7O2. The van der Waals surface area contributed by atoms with Gasteiger partial charge < -0.3 is 20.5 Å². The fourth-order valence-electron chi connectivity index (χ4n) is 4.53. The maximum Gasteiger partial charge on any atom is 0.229 e. The zero-order valence-corrected chi connectivity index (χ0v) is 20.9. The van der Waals surface area contributed by atoms with E-state index in [2.05, 4.69) is 37.3 Å². The number of para-hydroxylation sites is 1. The summed E-state index contributed by atoms with van der Waals surface area (Å²) in [7, 11) is 1.66. The Kier molecular flexibility index (Phi) is 7.83. The minimum atomic E-state index is 0.362. The first kappa shape index (κ1) is 24.6. The summed E-state index contributed by atoms with van der Waals surface area (Å²) in [5.74, 6) is 1.59. The summed E-state index contributed by atoms with van der Waals surface area (Å²) in [6.45, 7) is 4.59. The normalized spacial score (nSPS) is 13.9. The monoisotopic (exact) mass is 497 g/mol. The molecule has 0 atom stereocenters. The zero-order chi connectivity index (χ0) is 25.5. The minimum Gasteiger partial charge on any atom is -0.496 e. The number of rotatable bonds is 9. The Morgan fingerprint density at radius 3 is 2.65 bits per heavy atom. The van der Waals surface area contributed by atoms with Crippen molar-refractivity contribution in [1.29, 1.82) is 0 Å². The van der Waals surface area contributed by atoms with Gasteiger partial charge in [0.2, 0.25) is 5.95 Å². The van der Waals surface area contributed by atoms with Gasteiger partial charge >= 0.3 is 0 Å². The molecule has 0 spiro atoms. The quantitative estimate of drug-likeness (QED) is 0.357. The van der Waals surface area contributed by atoms with Gasteiger partial charge in [-0.25, -0.2) is 15.0 Å². The van der Waals surface area contributed by atoms with Gasteiger partial charge in [0.15, 0.2) is 0 Å². The van der Waals surface area contributed by atoms with E-state index in [1.54, 1.807) is 19.5 Å². The predicted molar refractivity (Wildman–Crippen MR) is 144 cm³/mol. The van der Waals surface area contributed by atoms with E-state index in [1.807, 2.05) is 36.4 Å². The highest BCUT2D eigenvalue weighted by Crippen LogP contribution is 2.32. The van der Waals surface area contributed by atoms with Crippen LogP contribution in [0.4, 0.5) is 17.5 Å². The van der Waals surface area contributed by atoms with E-state index in [1.165, 1.54) is 11.9 Å². The predicted octanol–water partition coefficient (Wildman–Crippen LogP) is 3.73. The van der Waals surface area contributed by atoms with E-state index in [0.717, 1.165) is 73.1 Å². The average Bonchev–Trinajstić information content (AvgIpc) is 2.93. The molecule has 1 fully saturated rings. The number of ether oxygens (including phenoxy) is 2. The summed E-state index contributed by atoms with van der Waals surface area (Å²) in [5.41, 5.74) is 11.9. The number of methoxy groups -OCH3 is 1. The molecular weight excluding hydrogens is 466 g/mol. The number of morpholine rings is 1. The number of hydrogen-bond acceptors (Lipinski definition) is 9. The summed E-state index contributed by atoms with van der Waals surface area (Å²) in [4.78, 5) is 20.2. The smallest absolute Gasteiger partial charge is 0.229 e. The molecule has 190 valence electrons. The van der Waals surface area contributed by atoms with Crippen LogP contribution in [0, 0.1) is 0 Å². The molecule has 2 aromatic carbocycles. The molecule has 9 nitrogen and oxygen atoms in total. The highest BCUT2D eigenvalue weighted by molar-refractivity contribution is 5.77. The van der Waals surface area contributed by atoms with Crippen LogP contribution in [0.25, 0.3) is 11.1 Å². The molecule has 9 heteroatoms. The highest BCUT2D eigenvalue weighted by atomic mass is 16.5. The molecule has 1 saturated heterocycles. The van der Waals surface area contributed by atoms with E-state index in [0.29, 0.717) is 18.2 Å². The van der Waals surface area contributed by atoms with Crippen LogP contribution in [0.3, 0.4) is 0 Å². The molecule has 5 rings (SSSR count). The second-order valence-electron chi connectivity index (χ2n) is 8.90. The Labute approximate surface area is 216 Å². The molecule has 37 heavy (non-hydrogen) atoms. The third-order valence-electron chi connectivity index (χ3n) is 6.42. The molecule has 0 amide bonds. The van der Waals surface area contributed by atoms with Crippen molar-refractivity contribution in [3.8, 4) is 16.9 Å². The van der Waals surface area contributed by atoms with Gasteiger partial charge in [-0.15, -0.1) is 0 Å². The molecule has 0 bridgehead atoms. The molecule has 0 radical (unpaired) electrons. The fraction of sp³-hybridized carbons (Fsp3) is 0.286. The SMILES string of the molecule is COc1ccccc1Cc1nc(Nc2cccc(CCN3CCOCC3)c2)nc(N)c1-c1cncnc1. The lowest BCUT2D eigenvalue weighted by atomic mass is 10.0. The summed E-state index contributed by atoms with van der Waals surface area (Å²) in [5, 5.41) is 3.36. The van der Waals surface area contributed by atoms with Crippen molar-refractivity contribution in [3.63, 3.8) is 0 Å². The lowest BCUT2D eigenvalue weighted by Crippen LogP contribution is -2.37. The summed E-state index contributed by atoms with van der Waals surface area (Å²) < 4.78 is 11.0. The Morgan fingerprint density at radius 2 is 1.84 bits per heavy atom. The average molecular weight is 498 g/mol. The van der Waals surface area contributed by atoms with Gasteiger partial charge in [0.1, 0.15) is 17.9 Å². The molecule has 0 unspecified atom stereocenters. The van der Waals surface area contributed by atoms with Gasteiger partial charge in [-0.1, -0.05) is 30.3 Å². The van der Waals surface area contributed by atoms with Gasteiger partial charge in [-0.2, -0.15) is 4.98 Å². The topological polar surface area (TPSA) is 111 Å². The van der Waals surface area contributed by atoms with Gasteiger partial charge in [-0.05, 0) is 30.2 Å². The van der Waals surface area contributed by atoms with Crippen molar-refractivity contribution >= 4 is 17.5 Å². The van der Waals surface area contributed by atoms with Crippen molar-refractivity contribution in [2.45, 2.75) is 12.8 Å². The molecule has 0 aliphatic carbocycles. The Bertz CT molecular complexity index is 1330. The fourth-order valence-corrected chi connectivity index (χ4v) is 4.53. The van der Waals surface area contributed by atoms with Gasteiger partial charge in [-0.3, -0.25) is 4.90 Å². The van der Waals surface area contributed by atoms with E-state index in [4.69, 9.17) is 20.2 Å². The van der Waals surface area contributed by atoms with E-state index in [9.17, 15) is 0 Å². The first-order chi connectivity index (χ1) is 18.2. The van der Waals surface area contributed by atoms with Crippen molar-refractivity contribution in [3.05, 3.63) is 84.1 Å². The molecule has 2 aromatic heterocycles. The van der Waals surface area contributed by atoms with E-state index >= 15 is 0 Å². The lowest BCUT2D eigenvalue weighted by molar-refractivity contribution is 0.0384. The second kappa shape index (κ2) is 11.8. The zero-order valence-electron chi connectivity index (χ0n) is 20.9. The van der Waals surface area contributed by atoms with Crippen LogP contribution in [0.15, 0.2) is 67.3 Å². The molecule has 0 saturated carbocycles. The Morgan fingerprint density at radius 1 is 1.03 bits per heavy atom. The number of nitrogens with two attached hydrogens (primary N) is 1. The van der Waals surface area contributed by atoms with Crippen molar-refractivity contribution in [2.24, 2.45) is 0 Å². The Hall–Kier alpha value is -4.08. The molecule has 1 aliphatic rings. The van der Waals surface area contributed by atoms with Crippen molar-refractivity contribution in [2.75, 3.05) is 51.0 Å². The minimum absolute atomic E-state index is 0.362. The largest absolute Gasteiger partial charge is 0.496 e. The van der Waals surface area contributed by atoms with Crippen LogP contribution in [-0.4, -0.2) is 64.8 Å². The van der Waals surface area contributed by atoms with E-state index in [-0.39, 0.29) is 0 Å². The van der Waals surface area contributed by atoms with E-state index < -0.39 is 0 Å². The standard InChI is InChI=1S/C28H31N7O2/c1-36-25-8-3-2-6-21(25)16-24-26(22-17-30-19-31-18-22)27(29)34-28(33-24)32-23-7-4-5-20(15-23)9-10-35-11-13-37-14-12-35/h2-8,15,17-19H,9-14,16H2,1H3,(H3,29,32,33,34). The third kappa shape index (κ3) is 6.19. The van der Waals surface area contributed by atoms with Crippen molar-refractivity contribution < 1.29 is 9.47 Å². The number of aromatic nitrogens is 4. The summed E-state index contributed by atoms with van der Waals surface area (Å²) >= 11 is 0. The third-order valence-corrected chi connectivity index (χ3v) is 6.42. The van der Waals surface area contributed by atoms with Gasteiger partial charge in [0.25, 0.3) is 0 Å². The molecule has 1 aliphatic heterocycles. The number of hydrogen-bond donors (Lipinski definition) is 2. The van der Waals surface area contributed by atoms with Crippen LogP contribution < -0.4 is 15.8 Å². The molecule has 4 aromatic rings. The van der Waals surface area contributed by atoms with Crippen LogP contribution >= 0.6 is 0 Å². The van der Waals surface area contributed by atoms with Crippen LogP contribution in [0.2, 0.25) is 0 Å². The molecule has 3 heterocycles. The molecule has 3 N–H and O–H groups in total. The summed E-state index contributed by atoms with van der Waals surface area (Å²) in [6, 6.07) is 16.2. The van der Waals surface area contributed by atoms with Gasteiger partial charge in [0, 0.05) is 60.8 Å². The highest BCUT2D eigenvalue weighted by Gasteiger charge is 2.18. The first-order valence-corrected chi connectivity index (χ1v) is 12.4.